The van der Waals surface area contributed by atoms with E-state index in [9.17, 15) is 4.79 Å². The van der Waals surface area contributed by atoms with E-state index in [4.69, 9.17) is 9.47 Å². The van der Waals surface area contributed by atoms with Crippen LogP contribution >= 0.6 is 12.4 Å². The molecule has 52 heavy (non-hydrogen) atoms. The Kier molecular flexibility index (Phi) is 22.6. The van der Waals surface area contributed by atoms with Gasteiger partial charge in [0.05, 0.1) is 0 Å². The van der Waals surface area contributed by atoms with Crippen LogP contribution in [0.2, 0.25) is 0 Å². The number of hydrogen-bond acceptors (Lipinski definition) is 7. The van der Waals surface area contributed by atoms with Crippen molar-refractivity contribution in [1.29, 1.82) is 0 Å². The van der Waals surface area contributed by atoms with E-state index in [1.165, 1.54) is 103 Å². The number of nitrogens with zero attached hydrogens (tertiary/aromatic N) is 4. The van der Waals surface area contributed by atoms with Crippen LogP contribution in [-0.4, -0.2) is 121 Å². The highest BCUT2D eigenvalue weighted by Gasteiger charge is 2.52. The molecule has 0 aromatic heterocycles. The van der Waals surface area contributed by atoms with Crippen LogP contribution < -0.4 is 0 Å². The Morgan fingerprint density at radius 1 is 0.596 bits per heavy atom. The fraction of sp³-hybridized carbons (Fsp3) is 0.977. The largest absolute Gasteiger partial charge is 0.509 e. The van der Waals surface area contributed by atoms with Crippen molar-refractivity contribution in [3.8, 4) is 0 Å². The van der Waals surface area contributed by atoms with Gasteiger partial charge < -0.3 is 24.7 Å². The Morgan fingerprint density at radius 3 is 1.29 bits per heavy atom. The molecule has 4 rings (SSSR count). The van der Waals surface area contributed by atoms with Crippen molar-refractivity contribution in [2.24, 2.45) is 11.8 Å². The number of piperidine rings is 2. The van der Waals surface area contributed by atoms with E-state index in [-0.39, 0.29) is 36.1 Å². The van der Waals surface area contributed by atoms with Crippen molar-refractivity contribution in [2.45, 2.75) is 192 Å². The SMILES string of the molecule is CCCCN(CCCC)C1CCCCC1(CC1CCCN(C)C1)OC(=O)OC1(CC2CCCN(C)C2)CCCCC1N(CCCC)CCCC.Cl.O. The fourth-order valence-electron chi connectivity index (χ4n) is 10.7. The molecule has 2 N–H and O–H groups in total. The van der Waals surface area contributed by atoms with Crippen molar-refractivity contribution in [3.05, 3.63) is 0 Å². The first-order chi connectivity index (χ1) is 24.3. The zero-order valence-corrected chi connectivity index (χ0v) is 35.8. The van der Waals surface area contributed by atoms with Crippen molar-refractivity contribution in [2.75, 3.05) is 66.5 Å². The van der Waals surface area contributed by atoms with Crippen molar-refractivity contribution in [3.63, 3.8) is 0 Å². The second-order valence-corrected chi connectivity index (χ2v) is 17.5. The normalized spacial score (nSPS) is 30.5. The number of hydrogen-bond donors (Lipinski definition) is 0. The van der Waals surface area contributed by atoms with Gasteiger partial charge in [-0.1, -0.05) is 66.2 Å². The minimum atomic E-state index is -0.472. The lowest BCUT2D eigenvalue weighted by Gasteiger charge is -2.52. The summed E-state index contributed by atoms with van der Waals surface area (Å²) in [6.45, 7) is 18.3. The highest BCUT2D eigenvalue weighted by Crippen LogP contribution is 2.45. The van der Waals surface area contributed by atoms with E-state index in [1.807, 2.05) is 0 Å². The monoisotopic (exact) mass is 757 g/mol. The van der Waals surface area contributed by atoms with E-state index in [1.54, 1.807) is 0 Å². The van der Waals surface area contributed by atoms with Crippen LogP contribution in [0.1, 0.15) is 169 Å². The maximum absolute atomic E-state index is 14.9. The molecule has 8 nitrogen and oxygen atoms in total. The Bertz CT molecular complexity index is 874. The van der Waals surface area contributed by atoms with Gasteiger partial charge in [0.25, 0.3) is 0 Å². The average molecular weight is 758 g/mol. The van der Waals surface area contributed by atoms with Gasteiger partial charge in [-0.05, 0) is 168 Å². The standard InChI is InChI=1S/C43H82N4O3.ClH.H2O/c1-7-11-29-46(30-12-8-2)39-23-15-17-25-42(39,33-37-21-19-27-44(5)35-37)49-41(48)50-43(34-38-22-20-28-45(6)36-38)26-18-16-24-40(43)47(31-13-9-3)32-14-10-4;;/h37-40H,7-36H2,1-6H3;1H;1H2. The lowest BCUT2D eigenvalue weighted by molar-refractivity contribution is -0.160. The predicted molar refractivity (Wildman–Crippen MR) is 221 cm³/mol. The molecule has 0 radical (unpaired) electrons. The van der Waals surface area contributed by atoms with Gasteiger partial charge in [-0.25, -0.2) is 4.79 Å². The van der Waals surface area contributed by atoms with E-state index >= 15 is 0 Å². The van der Waals surface area contributed by atoms with Crippen LogP contribution in [0.3, 0.4) is 0 Å². The second-order valence-electron chi connectivity index (χ2n) is 17.5. The number of ether oxygens (including phenoxy) is 2. The van der Waals surface area contributed by atoms with Gasteiger partial charge in [-0.15, -0.1) is 12.4 Å². The zero-order valence-electron chi connectivity index (χ0n) is 34.9. The minimum Gasteiger partial charge on any atom is -0.426 e. The zero-order chi connectivity index (χ0) is 35.8. The van der Waals surface area contributed by atoms with Gasteiger partial charge in [0.2, 0.25) is 0 Å². The molecule has 2 aliphatic heterocycles. The predicted octanol–water partition coefficient (Wildman–Crippen LogP) is 9.37. The van der Waals surface area contributed by atoms with Gasteiger partial charge in [0, 0.05) is 25.2 Å². The molecule has 4 aliphatic rings. The Morgan fingerprint density at radius 2 is 0.962 bits per heavy atom. The average Bonchev–Trinajstić information content (AvgIpc) is 3.09. The Hall–Kier alpha value is -0.640. The van der Waals surface area contributed by atoms with E-state index in [2.05, 4.69) is 61.4 Å². The number of carbonyl (C=O) groups excluding carboxylic acids is 1. The smallest absolute Gasteiger partial charge is 0.426 e. The second kappa shape index (κ2) is 24.8. The number of unbranched alkanes of at least 4 members (excludes halogenated alkanes) is 4. The molecule has 0 aromatic carbocycles. The summed E-state index contributed by atoms with van der Waals surface area (Å²) in [4.78, 5) is 25.4. The first-order valence-electron chi connectivity index (χ1n) is 22.0. The summed E-state index contributed by atoms with van der Waals surface area (Å²) in [5.74, 6) is 1.13. The van der Waals surface area contributed by atoms with Crippen LogP contribution in [0.5, 0.6) is 0 Å². The molecule has 0 bridgehead atoms. The highest BCUT2D eigenvalue weighted by molar-refractivity contribution is 5.85. The molecule has 2 saturated heterocycles. The minimum absolute atomic E-state index is 0. The van der Waals surface area contributed by atoms with Crippen LogP contribution in [0.4, 0.5) is 4.79 Å². The topological polar surface area (TPSA) is 80.0 Å². The number of halogens is 1. The summed E-state index contributed by atoms with van der Waals surface area (Å²) in [5.41, 5.74) is -0.944. The van der Waals surface area contributed by atoms with Gasteiger partial charge in [-0.2, -0.15) is 0 Å². The van der Waals surface area contributed by atoms with E-state index in [0.717, 1.165) is 90.6 Å². The molecule has 308 valence electrons. The first kappa shape index (κ1) is 47.5. The molecule has 2 heterocycles. The van der Waals surface area contributed by atoms with Gasteiger partial charge in [0.1, 0.15) is 11.2 Å². The summed E-state index contributed by atoms with van der Waals surface area (Å²) in [6.07, 6.45) is 25.2. The lowest BCUT2D eigenvalue weighted by atomic mass is 9.72. The summed E-state index contributed by atoms with van der Waals surface area (Å²) in [7, 11) is 4.55. The van der Waals surface area contributed by atoms with Gasteiger partial charge >= 0.3 is 6.16 Å². The summed E-state index contributed by atoms with van der Waals surface area (Å²) >= 11 is 0. The summed E-state index contributed by atoms with van der Waals surface area (Å²) in [5, 5.41) is 0. The van der Waals surface area contributed by atoms with Gasteiger partial charge in [-0.3, -0.25) is 9.80 Å². The third-order valence-electron chi connectivity index (χ3n) is 13.2. The van der Waals surface area contributed by atoms with E-state index in [0.29, 0.717) is 11.8 Å². The quantitative estimate of drug-likeness (QED) is 0.115. The molecular formula is C43H85ClN4O4. The number of likely N-dealkylation sites (tertiary alicyclic amines) is 2. The molecule has 4 fully saturated rings. The summed E-state index contributed by atoms with van der Waals surface area (Å²) in [6, 6.07) is 0.565. The van der Waals surface area contributed by atoms with Crippen LogP contribution in [-0.2, 0) is 9.47 Å². The number of rotatable bonds is 20. The fourth-order valence-corrected chi connectivity index (χ4v) is 10.7. The summed E-state index contributed by atoms with van der Waals surface area (Å²) < 4.78 is 14.3. The Balaban J connectivity index is 0.00000468. The van der Waals surface area contributed by atoms with Crippen LogP contribution in [0.25, 0.3) is 0 Å². The van der Waals surface area contributed by atoms with E-state index < -0.39 is 11.2 Å². The molecule has 0 aromatic rings. The number of carbonyl (C=O) groups is 1. The molecular weight excluding hydrogens is 672 g/mol. The molecule has 9 heteroatoms. The molecule has 0 spiro atoms. The van der Waals surface area contributed by atoms with Gasteiger partial charge in [0.15, 0.2) is 0 Å². The van der Waals surface area contributed by atoms with Crippen LogP contribution in [0, 0.1) is 11.8 Å². The molecule has 6 atom stereocenters. The van der Waals surface area contributed by atoms with Crippen molar-refractivity contribution >= 4 is 18.6 Å². The molecule has 6 unspecified atom stereocenters. The molecule has 2 aliphatic carbocycles. The highest BCUT2D eigenvalue weighted by atomic mass is 35.5. The van der Waals surface area contributed by atoms with Crippen molar-refractivity contribution < 1.29 is 19.7 Å². The first-order valence-corrected chi connectivity index (χ1v) is 22.0. The molecule has 2 saturated carbocycles. The Labute approximate surface area is 327 Å². The lowest BCUT2D eigenvalue weighted by Crippen LogP contribution is -2.61. The third-order valence-corrected chi connectivity index (χ3v) is 13.2. The van der Waals surface area contributed by atoms with Crippen molar-refractivity contribution in [1.82, 2.24) is 19.6 Å². The maximum Gasteiger partial charge on any atom is 0.509 e. The van der Waals surface area contributed by atoms with Crippen LogP contribution in [0.15, 0.2) is 0 Å². The molecule has 0 amide bonds. The third kappa shape index (κ3) is 13.8. The maximum atomic E-state index is 14.9.